The van der Waals surface area contributed by atoms with Crippen molar-refractivity contribution in [2.45, 2.75) is 13.8 Å². The van der Waals surface area contributed by atoms with Crippen molar-refractivity contribution in [3.8, 4) is 0 Å². The average molecular weight is 372 g/mol. The normalized spacial score (nSPS) is 14.4. The molecule has 0 aromatic heterocycles. The number of thiocarbonyl (C=S) groups is 1. The van der Waals surface area contributed by atoms with E-state index in [0.29, 0.717) is 0 Å². The van der Waals surface area contributed by atoms with Gasteiger partial charge < -0.3 is 14.7 Å². The number of nitrogens with zero attached hydrogens (tertiary/aromatic N) is 3. The van der Waals surface area contributed by atoms with Crippen LogP contribution in [0.1, 0.15) is 19.4 Å². The van der Waals surface area contributed by atoms with E-state index in [4.69, 9.17) is 12.2 Å². The summed E-state index contributed by atoms with van der Waals surface area (Å²) >= 11 is 5.72. The Bertz CT molecular complexity index is 718. The summed E-state index contributed by atoms with van der Waals surface area (Å²) in [4.78, 5) is 7.79. The number of benzene rings is 2. The first-order chi connectivity index (χ1) is 12.6. The Balaban J connectivity index is 1.60. The van der Waals surface area contributed by atoms with Crippen molar-refractivity contribution in [1.82, 2.24) is 4.90 Å². The van der Waals surface area contributed by atoms with Gasteiger partial charge in [-0.1, -0.05) is 12.2 Å². The van der Waals surface area contributed by atoms with Crippen LogP contribution in [-0.4, -0.2) is 49.2 Å². The highest BCUT2D eigenvalue weighted by atomic mass is 32.1. The Morgan fingerprint density at radius 3 is 2.04 bits per heavy atom. The highest BCUT2D eigenvalue weighted by molar-refractivity contribution is 7.80. The van der Waals surface area contributed by atoms with Gasteiger partial charge >= 0.3 is 0 Å². The summed E-state index contributed by atoms with van der Waals surface area (Å²) in [6.07, 6.45) is 0. The van der Waals surface area contributed by atoms with Crippen molar-refractivity contribution in [3.05, 3.63) is 59.9 Å². The first kappa shape index (κ1) is 18.6. The molecule has 0 spiro atoms. The lowest BCUT2D eigenvalue weighted by Crippen LogP contribution is -2.48. The first-order valence-corrected chi connectivity index (χ1v) is 9.68. The third-order valence-electron chi connectivity index (χ3n) is 5.00. The fourth-order valence-electron chi connectivity index (χ4n) is 3.41. The highest BCUT2D eigenvalue weighted by Crippen LogP contribution is 2.20. The van der Waals surface area contributed by atoms with Gasteiger partial charge in [-0.05, 0) is 62.4 Å². The minimum absolute atomic E-state index is 0.193. The molecule has 0 saturated carbocycles. The van der Waals surface area contributed by atoms with Crippen LogP contribution < -0.4 is 9.80 Å². The van der Waals surface area contributed by atoms with Gasteiger partial charge in [0.1, 0.15) is 10.8 Å². The summed E-state index contributed by atoms with van der Waals surface area (Å²) in [7, 11) is 0. The van der Waals surface area contributed by atoms with Gasteiger partial charge in [0.25, 0.3) is 0 Å². The minimum Gasteiger partial charge on any atom is -0.372 e. The second-order valence-corrected chi connectivity index (χ2v) is 6.86. The molecular formula is C21H26FN3S. The predicted molar refractivity (Wildman–Crippen MR) is 112 cm³/mol. The molecule has 3 rings (SSSR count). The zero-order chi connectivity index (χ0) is 18.5. The topological polar surface area (TPSA) is 9.72 Å². The van der Waals surface area contributed by atoms with Crippen molar-refractivity contribution in [2.75, 3.05) is 49.1 Å². The van der Waals surface area contributed by atoms with Crippen LogP contribution in [0.15, 0.2) is 48.5 Å². The first-order valence-electron chi connectivity index (χ1n) is 9.27. The summed E-state index contributed by atoms with van der Waals surface area (Å²) in [5.41, 5.74) is 3.41. The Morgan fingerprint density at radius 2 is 1.50 bits per heavy atom. The van der Waals surface area contributed by atoms with Gasteiger partial charge in [-0.25, -0.2) is 4.39 Å². The van der Waals surface area contributed by atoms with E-state index in [0.717, 1.165) is 55.5 Å². The largest absolute Gasteiger partial charge is 0.372 e. The second-order valence-electron chi connectivity index (χ2n) is 6.47. The molecule has 0 atom stereocenters. The number of rotatable bonds is 5. The van der Waals surface area contributed by atoms with Crippen LogP contribution in [0, 0.1) is 5.82 Å². The maximum absolute atomic E-state index is 13.1. The molecule has 5 heteroatoms. The lowest BCUT2D eigenvalue weighted by Gasteiger charge is -2.37. The second kappa shape index (κ2) is 8.49. The van der Waals surface area contributed by atoms with E-state index in [9.17, 15) is 4.39 Å². The summed E-state index contributed by atoms with van der Waals surface area (Å²) in [5.74, 6) is -0.193. The van der Waals surface area contributed by atoms with Gasteiger partial charge in [0, 0.05) is 56.2 Å². The molecule has 1 aliphatic heterocycles. The summed E-state index contributed by atoms with van der Waals surface area (Å²) < 4.78 is 13.1. The molecule has 3 nitrogen and oxygen atoms in total. The van der Waals surface area contributed by atoms with E-state index < -0.39 is 0 Å². The third-order valence-corrected chi connectivity index (χ3v) is 5.50. The average Bonchev–Trinajstić information content (AvgIpc) is 2.70. The smallest absolute Gasteiger partial charge is 0.123 e. The number of halogens is 1. The molecule has 1 fully saturated rings. The number of hydrogen-bond acceptors (Lipinski definition) is 3. The molecule has 1 aliphatic rings. The van der Waals surface area contributed by atoms with E-state index in [1.807, 2.05) is 12.1 Å². The molecule has 0 aliphatic carbocycles. The Morgan fingerprint density at radius 1 is 0.923 bits per heavy atom. The molecule has 1 heterocycles. The van der Waals surface area contributed by atoms with E-state index in [1.165, 1.54) is 17.8 Å². The Hall–Kier alpha value is -2.14. The van der Waals surface area contributed by atoms with Crippen LogP contribution in [0.3, 0.4) is 0 Å². The summed E-state index contributed by atoms with van der Waals surface area (Å²) in [6.45, 7) is 9.90. The summed E-state index contributed by atoms with van der Waals surface area (Å²) in [5, 5.41) is 0. The zero-order valence-corrected chi connectivity index (χ0v) is 16.3. The molecule has 1 saturated heterocycles. The quantitative estimate of drug-likeness (QED) is 0.730. The van der Waals surface area contributed by atoms with Crippen LogP contribution >= 0.6 is 12.2 Å². The minimum atomic E-state index is -0.193. The van der Waals surface area contributed by atoms with E-state index >= 15 is 0 Å². The highest BCUT2D eigenvalue weighted by Gasteiger charge is 2.20. The van der Waals surface area contributed by atoms with Gasteiger partial charge in [0.2, 0.25) is 0 Å². The molecule has 26 heavy (non-hydrogen) atoms. The number of anilines is 2. The number of hydrogen-bond donors (Lipinski definition) is 0. The van der Waals surface area contributed by atoms with Gasteiger partial charge in [-0.3, -0.25) is 0 Å². The van der Waals surface area contributed by atoms with Crippen LogP contribution in [0.2, 0.25) is 0 Å². The van der Waals surface area contributed by atoms with Gasteiger partial charge in [0.15, 0.2) is 0 Å². The van der Waals surface area contributed by atoms with Crippen LogP contribution in [-0.2, 0) is 0 Å². The van der Waals surface area contributed by atoms with Crippen LogP contribution in [0.4, 0.5) is 15.8 Å². The molecule has 2 aromatic carbocycles. The fraction of sp³-hybridized carbons (Fsp3) is 0.381. The standard InChI is InChI=1S/C21H26FN3S/c1-3-23(4-2)19-9-5-17(6-10-19)21(26)25-15-13-24(14-16-25)20-11-7-18(22)8-12-20/h5-12H,3-4,13-16H2,1-2H3. The molecule has 0 N–H and O–H groups in total. The van der Waals surface area contributed by atoms with Crippen molar-refractivity contribution in [3.63, 3.8) is 0 Å². The lowest BCUT2D eigenvalue weighted by atomic mass is 10.1. The molecule has 0 radical (unpaired) electrons. The Kier molecular flexibility index (Phi) is 6.09. The fourth-order valence-corrected chi connectivity index (χ4v) is 3.72. The summed E-state index contributed by atoms with van der Waals surface area (Å²) in [6, 6.07) is 15.3. The molecule has 0 bridgehead atoms. The lowest BCUT2D eigenvalue weighted by molar-refractivity contribution is 0.392. The van der Waals surface area contributed by atoms with Gasteiger partial charge in [0.05, 0.1) is 0 Å². The zero-order valence-electron chi connectivity index (χ0n) is 15.5. The molecule has 0 amide bonds. The number of piperazine rings is 1. The van der Waals surface area contributed by atoms with Gasteiger partial charge in [-0.2, -0.15) is 0 Å². The van der Waals surface area contributed by atoms with E-state index in [2.05, 4.69) is 52.8 Å². The molecular weight excluding hydrogens is 345 g/mol. The maximum Gasteiger partial charge on any atom is 0.123 e. The van der Waals surface area contributed by atoms with E-state index in [-0.39, 0.29) is 5.82 Å². The SMILES string of the molecule is CCN(CC)c1ccc(C(=S)N2CCN(c3ccc(F)cc3)CC2)cc1. The molecule has 0 unspecified atom stereocenters. The molecule has 2 aromatic rings. The molecule has 138 valence electrons. The van der Waals surface area contributed by atoms with Crippen molar-refractivity contribution in [1.29, 1.82) is 0 Å². The maximum atomic E-state index is 13.1. The van der Waals surface area contributed by atoms with E-state index in [1.54, 1.807) is 0 Å². The van der Waals surface area contributed by atoms with Crippen molar-refractivity contribution in [2.24, 2.45) is 0 Å². The van der Waals surface area contributed by atoms with Crippen molar-refractivity contribution < 1.29 is 4.39 Å². The third kappa shape index (κ3) is 4.15. The van der Waals surface area contributed by atoms with Gasteiger partial charge in [-0.15, -0.1) is 0 Å². The van der Waals surface area contributed by atoms with Crippen LogP contribution in [0.25, 0.3) is 0 Å². The van der Waals surface area contributed by atoms with Crippen molar-refractivity contribution >= 4 is 28.6 Å². The predicted octanol–water partition coefficient (Wildman–Crippen LogP) is 4.17. The Labute approximate surface area is 161 Å². The monoisotopic (exact) mass is 371 g/mol. The van der Waals surface area contributed by atoms with Crippen LogP contribution in [0.5, 0.6) is 0 Å².